The van der Waals surface area contributed by atoms with Crippen molar-refractivity contribution in [1.82, 2.24) is 19.2 Å². The van der Waals surface area contributed by atoms with Crippen LogP contribution in [0.25, 0.3) is 76.8 Å². The first-order chi connectivity index (χ1) is 27.7. The average molecular weight is 722 g/mol. The summed E-state index contributed by atoms with van der Waals surface area (Å²) in [6, 6.07) is 56.5. The highest BCUT2D eigenvalue weighted by Gasteiger charge is 2.59. The van der Waals surface area contributed by atoms with Crippen LogP contribution in [0.3, 0.4) is 0 Å². The molecule has 1 saturated heterocycles. The van der Waals surface area contributed by atoms with Gasteiger partial charge in [-0.2, -0.15) is 5.01 Å². The molecule has 6 nitrogen and oxygen atoms in total. The molecule has 56 heavy (non-hydrogen) atoms. The Labute approximate surface area is 322 Å². The topological polar surface area (TPSA) is 41.4 Å². The van der Waals surface area contributed by atoms with E-state index in [0.717, 1.165) is 55.7 Å². The summed E-state index contributed by atoms with van der Waals surface area (Å²) in [7, 11) is 0. The zero-order valence-corrected chi connectivity index (χ0v) is 30.7. The maximum absolute atomic E-state index is 6.61. The first kappa shape index (κ1) is 31.2. The Morgan fingerprint density at radius 2 is 1.32 bits per heavy atom. The normalized spacial score (nSPS) is 18.2. The molecule has 7 aromatic carbocycles. The van der Waals surface area contributed by atoms with Crippen molar-refractivity contribution in [2.75, 3.05) is 0 Å². The van der Waals surface area contributed by atoms with Crippen LogP contribution in [0, 0.1) is 0 Å². The van der Waals surface area contributed by atoms with Crippen molar-refractivity contribution in [2.45, 2.75) is 19.3 Å². The summed E-state index contributed by atoms with van der Waals surface area (Å²) in [5, 5.41) is 11.9. The van der Waals surface area contributed by atoms with Gasteiger partial charge in [0, 0.05) is 43.6 Å². The minimum atomic E-state index is -0.195. The fourth-order valence-electron chi connectivity index (χ4n) is 9.27. The Hall–Kier alpha value is -7.15. The van der Waals surface area contributed by atoms with Crippen LogP contribution in [0.1, 0.15) is 35.9 Å². The third kappa shape index (κ3) is 4.27. The van der Waals surface area contributed by atoms with Crippen LogP contribution >= 0.6 is 0 Å². The molecule has 0 amide bonds. The zero-order chi connectivity index (χ0) is 37.1. The number of benzene rings is 7. The van der Waals surface area contributed by atoms with Crippen molar-refractivity contribution >= 4 is 77.1 Å². The van der Waals surface area contributed by atoms with E-state index in [-0.39, 0.29) is 12.3 Å². The molecule has 6 heteroatoms. The summed E-state index contributed by atoms with van der Waals surface area (Å²) in [4.78, 5) is 5.56. The van der Waals surface area contributed by atoms with E-state index in [9.17, 15) is 0 Å². The molecular formula is C50H35N5O. The van der Waals surface area contributed by atoms with Crippen molar-refractivity contribution in [3.8, 4) is 5.69 Å². The van der Waals surface area contributed by atoms with E-state index in [1.54, 1.807) is 0 Å². The molecule has 266 valence electrons. The summed E-state index contributed by atoms with van der Waals surface area (Å²) < 4.78 is 11.4. The highest BCUT2D eigenvalue weighted by Crippen LogP contribution is 2.56. The van der Waals surface area contributed by atoms with Crippen molar-refractivity contribution < 1.29 is 4.42 Å². The van der Waals surface area contributed by atoms with Crippen LogP contribution in [0.5, 0.6) is 0 Å². The van der Waals surface area contributed by atoms with Crippen LogP contribution in [0.15, 0.2) is 186 Å². The average Bonchev–Trinajstić information content (AvgIpc) is 3.53. The number of aliphatic imine (C=N–C) groups is 1. The monoisotopic (exact) mass is 721 g/mol. The van der Waals surface area contributed by atoms with Crippen LogP contribution in [-0.2, 0) is 0 Å². The Bertz CT molecular complexity index is 3310. The van der Waals surface area contributed by atoms with Gasteiger partial charge in [0.2, 0.25) is 5.96 Å². The van der Waals surface area contributed by atoms with Crippen LogP contribution < -0.4 is 0 Å². The Morgan fingerprint density at radius 1 is 0.625 bits per heavy atom. The number of aromatic nitrogens is 2. The van der Waals surface area contributed by atoms with Gasteiger partial charge in [0.15, 0.2) is 6.17 Å². The van der Waals surface area contributed by atoms with Gasteiger partial charge in [0.1, 0.15) is 17.3 Å². The van der Waals surface area contributed by atoms with Crippen LogP contribution in [-0.4, -0.2) is 25.1 Å². The minimum absolute atomic E-state index is 0.0551. The molecule has 3 aromatic heterocycles. The minimum Gasteiger partial charge on any atom is -0.456 e. The lowest BCUT2D eigenvalue weighted by molar-refractivity contribution is 0.340. The highest BCUT2D eigenvalue weighted by atomic mass is 16.3. The van der Waals surface area contributed by atoms with Crippen molar-refractivity contribution in [1.29, 1.82) is 0 Å². The maximum atomic E-state index is 6.61. The third-order valence-corrected chi connectivity index (χ3v) is 11.8. The number of para-hydroxylation sites is 4. The summed E-state index contributed by atoms with van der Waals surface area (Å²) in [5.74, 6) is 0.902. The van der Waals surface area contributed by atoms with E-state index in [0.29, 0.717) is 0 Å². The van der Waals surface area contributed by atoms with Gasteiger partial charge in [-0.15, -0.1) is 0 Å². The first-order valence-corrected chi connectivity index (χ1v) is 19.2. The molecule has 5 heterocycles. The Balaban J connectivity index is 1.11. The van der Waals surface area contributed by atoms with Crippen molar-refractivity contribution in [3.05, 3.63) is 193 Å². The molecule has 0 N–H and O–H groups in total. The van der Waals surface area contributed by atoms with Crippen molar-refractivity contribution in [3.63, 3.8) is 0 Å². The summed E-state index contributed by atoms with van der Waals surface area (Å²) in [5.41, 5.74) is 12.2. The molecule has 1 fully saturated rings. The number of nitrogens with zero attached hydrogens (tertiary/aromatic N) is 5. The molecule has 10 aromatic rings. The molecular weight excluding hydrogens is 687 g/mol. The molecule has 0 bridgehead atoms. The lowest BCUT2D eigenvalue weighted by Crippen LogP contribution is -2.20. The number of hydrazine groups is 1. The van der Waals surface area contributed by atoms with Crippen molar-refractivity contribution in [2.24, 2.45) is 4.99 Å². The van der Waals surface area contributed by atoms with Gasteiger partial charge in [-0.05, 0) is 60.0 Å². The maximum Gasteiger partial charge on any atom is 0.224 e. The van der Waals surface area contributed by atoms with E-state index < -0.39 is 0 Å². The van der Waals surface area contributed by atoms with Gasteiger partial charge >= 0.3 is 0 Å². The summed E-state index contributed by atoms with van der Waals surface area (Å²) >= 11 is 0. The molecule has 0 spiro atoms. The lowest BCUT2D eigenvalue weighted by Gasteiger charge is -2.13. The fraction of sp³-hybridized carbons (Fsp3) is 0.0600. The largest absolute Gasteiger partial charge is 0.456 e. The highest BCUT2D eigenvalue weighted by molar-refractivity contribution is 6.27. The standard InChI is InChI=1S/C50H35N5O/c1-3-14-31(2)32-25-27-34(28-26-32)52-41-22-10-7-17-35(41)37-29-30-43-45(46(37)52)39-19-8-11-23-42(39)53(43)50-51-48(33-15-5-4-6-16-33)54-49(55(50)54)40-21-13-20-38-36-18-9-12-24-44(36)56-47(38)40/h3-30,48-49H,1H2,2H3/b31-14+. The quantitative estimate of drug-likeness (QED) is 0.131. The smallest absolute Gasteiger partial charge is 0.224 e. The number of hydrogen-bond donors (Lipinski definition) is 0. The van der Waals surface area contributed by atoms with E-state index >= 15 is 0 Å². The molecule has 0 radical (unpaired) electrons. The van der Waals surface area contributed by atoms with E-state index in [1.165, 1.54) is 43.7 Å². The van der Waals surface area contributed by atoms with Gasteiger partial charge in [-0.3, -0.25) is 4.57 Å². The first-order valence-electron chi connectivity index (χ1n) is 19.2. The SMILES string of the molecule is C=C/C=C(\C)c1ccc(-n2c3ccccc3c3ccc4c(c5ccccc5n4C4=NC(c5ccccc5)N5C(c6cccc7c6oc6ccccc67)N45)c32)cc1. The third-order valence-electron chi connectivity index (χ3n) is 11.8. The molecule has 12 rings (SSSR count). The van der Waals surface area contributed by atoms with Crippen LogP contribution in [0.2, 0.25) is 0 Å². The number of furan rings is 1. The van der Waals surface area contributed by atoms with Gasteiger partial charge in [0.05, 0.1) is 22.1 Å². The number of hydrogen-bond acceptors (Lipinski definition) is 4. The molecule has 3 atom stereocenters. The zero-order valence-electron chi connectivity index (χ0n) is 30.7. The second-order valence-electron chi connectivity index (χ2n) is 14.8. The molecule has 3 unspecified atom stereocenters. The fourth-order valence-corrected chi connectivity index (χ4v) is 9.27. The summed E-state index contributed by atoms with van der Waals surface area (Å²) in [6.45, 7) is 6.03. The van der Waals surface area contributed by atoms with Gasteiger partial charge in [0.25, 0.3) is 0 Å². The molecule has 2 aliphatic rings. The molecule has 0 aliphatic carbocycles. The number of allylic oxidation sites excluding steroid dienone is 3. The predicted octanol–water partition coefficient (Wildman–Crippen LogP) is 12.5. The second-order valence-corrected chi connectivity index (χ2v) is 14.8. The Kier molecular flexibility index (Phi) is 6.51. The van der Waals surface area contributed by atoms with Gasteiger partial charge in [-0.25, -0.2) is 10.0 Å². The summed E-state index contributed by atoms with van der Waals surface area (Å²) in [6.07, 6.45) is 3.65. The van der Waals surface area contributed by atoms with Gasteiger partial charge < -0.3 is 8.98 Å². The van der Waals surface area contributed by atoms with Gasteiger partial charge in [-0.1, -0.05) is 140 Å². The van der Waals surface area contributed by atoms with E-state index in [2.05, 4.69) is 190 Å². The van der Waals surface area contributed by atoms with E-state index in [1.807, 2.05) is 12.1 Å². The number of rotatable bonds is 5. The number of fused-ring (bicyclic) bond motifs is 11. The van der Waals surface area contributed by atoms with E-state index in [4.69, 9.17) is 9.41 Å². The predicted molar refractivity (Wildman–Crippen MR) is 230 cm³/mol. The second kappa shape index (κ2) is 11.7. The lowest BCUT2D eigenvalue weighted by atomic mass is 10.1. The van der Waals surface area contributed by atoms with Crippen LogP contribution in [0.4, 0.5) is 0 Å². The Morgan fingerprint density at radius 3 is 2.12 bits per heavy atom. The molecule has 0 saturated carbocycles. The molecule has 2 aliphatic heterocycles.